The highest BCUT2D eigenvalue weighted by molar-refractivity contribution is 6.32. The molecule has 1 aromatic carbocycles. The van der Waals surface area contributed by atoms with E-state index < -0.39 is 5.97 Å². The Morgan fingerprint density at radius 2 is 2.19 bits per heavy atom. The standard InChI is InChI=1S/C16H17ClN2O2/c1-3-8-19(10-15(20)21)9-14-16(17)11(2)12-6-4-5-7-13(12)18-14/h3-7H,1,8-10H2,2H3,(H,20,21). The van der Waals surface area contributed by atoms with Gasteiger partial charge in [0.05, 0.1) is 22.8 Å². The minimum Gasteiger partial charge on any atom is -0.480 e. The Hall–Kier alpha value is -1.91. The van der Waals surface area contributed by atoms with E-state index in [9.17, 15) is 4.79 Å². The van der Waals surface area contributed by atoms with E-state index in [2.05, 4.69) is 11.6 Å². The van der Waals surface area contributed by atoms with Gasteiger partial charge in [-0.25, -0.2) is 4.98 Å². The van der Waals surface area contributed by atoms with Crippen molar-refractivity contribution in [3.63, 3.8) is 0 Å². The van der Waals surface area contributed by atoms with Crippen LogP contribution in [0, 0.1) is 6.92 Å². The first kappa shape index (κ1) is 15.5. The van der Waals surface area contributed by atoms with Gasteiger partial charge >= 0.3 is 5.97 Å². The highest BCUT2D eigenvalue weighted by atomic mass is 35.5. The number of carbonyl (C=O) groups is 1. The molecule has 21 heavy (non-hydrogen) atoms. The van der Waals surface area contributed by atoms with Gasteiger partial charge in [0, 0.05) is 18.5 Å². The number of aryl methyl sites for hydroxylation is 1. The summed E-state index contributed by atoms with van der Waals surface area (Å²) in [6.07, 6.45) is 1.67. The number of carboxylic acid groups (broad SMARTS) is 1. The second kappa shape index (κ2) is 6.70. The first-order chi connectivity index (χ1) is 10.0. The van der Waals surface area contributed by atoms with Gasteiger partial charge in [-0.2, -0.15) is 0 Å². The van der Waals surface area contributed by atoms with E-state index in [1.807, 2.05) is 31.2 Å². The lowest BCUT2D eigenvalue weighted by Crippen LogP contribution is -2.30. The van der Waals surface area contributed by atoms with Crippen molar-refractivity contribution in [3.8, 4) is 0 Å². The van der Waals surface area contributed by atoms with Crippen LogP contribution in [0.1, 0.15) is 11.3 Å². The van der Waals surface area contributed by atoms with E-state index in [1.54, 1.807) is 11.0 Å². The molecule has 4 nitrogen and oxygen atoms in total. The predicted octanol–water partition coefficient (Wildman–Crippen LogP) is 3.27. The van der Waals surface area contributed by atoms with Crippen LogP contribution in [0.25, 0.3) is 10.9 Å². The Labute approximate surface area is 128 Å². The first-order valence-electron chi connectivity index (χ1n) is 6.61. The van der Waals surface area contributed by atoms with E-state index >= 15 is 0 Å². The molecule has 5 heteroatoms. The van der Waals surface area contributed by atoms with E-state index in [0.717, 1.165) is 16.5 Å². The number of nitrogens with zero attached hydrogens (tertiary/aromatic N) is 2. The molecule has 0 aliphatic rings. The van der Waals surface area contributed by atoms with Crippen LogP contribution in [0.5, 0.6) is 0 Å². The molecule has 0 bridgehead atoms. The molecule has 0 fully saturated rings. The van der Waals surface area contributed by atoms with Gasteiger partial charge in [0.15, 0.2) is 0 Å². The normalized spacial score (nSPS) is 11.0. The molecular weight excluding hydrogens is 288 g/mol. The Kier molecular flexibility index (Phi) is 4.94. The molecule has 0 saturated carbocycles. The lowest BCUT2D eigenvalue weighted by Gasteiger charge is -2.19. The van der Waals surface area contributed by atoms with Crippen LogP contribution < -0.4 is 0 Å². The third-order valence-corrected chi connectivity index (χ3v) is 3.77. The maximum atomic E-state index is 10.9. The molecule has 2 aromatic rings. The number of benzene rings is 1. The predicted molar refractivity (Wildman–Crippen MR) is 84.6 cm³/mol. The van der Waals surface area contributed by atoms with Crippen molar-refractivity contribution in [2.75, 3.05) is 13.1 Å². The Morgan fingerprint density at radius 3 is 2.86 bits per heavy atom. The van der Waals surface area contributed by atoms with Crippen molar-refractivity contribution < 1.29 is 9.90 Å². The number of fused-ring (bicyclic) bond motifs is 1. The van der Waals surface area contributed by atoms with E-state index in [-0.39, 0.29) is 6.54 Å². The van der Waals surface area contributed by atoms with Gasteiger partial charge in [0.1, 0.15) is 0 Å². The van der Waals surface area contributed by atoms with Gasteiger partial charge in [-0.15, -0.1) is 6.58 Å². The van der Waals surface area contributed by atoms with Gasteiger partial charge in [0.25, 0.3) is 0 Å². The Balaban J connectivity index is 2.38. The van der Waals surface area contributed by atoms with Crippen LogP contribution in [0.2, 0.25) is 5.02 Å². The van der Waals surface area contributed by atoms with Gasteiger partial charge in [-0.05, 0) is 18.6 Å². The smallest absolute Gasteiger partial charge is 0.317 e. The van der Waals surface area contributed by atoms with E-state index in [4.69, 9.17) is 16.7 Å². The lowest BCUT2D eigenvalue weighted by atomic mass is 10.1. The summed E-state index contributed by atoms with van der Waals surface area (Å²) in [5, 5.41) is 10.6. The molecule has 0 spiro atoms. The largest absolute Gasteiger partial charge is 0.480 e. The topological polar surface area (TPSA) is 53.4 Å². The molecule has 2 rings (SSSR count). The van der Waals surface area contributed by atoms with Crippen molar-refractivity contribution in [3.05, 3.63) is 53.2 Å². The number of hydrogen-bond acceptors (Lipinski definition) is 3. The average Bonchev–Trinajstić information content (AvgIpc) is 2.44. The molecule has 0 amide bonds. The molecule has 1 aromatic heterocycles. The van der Waals surface area contributed by atoms with Crippen molar-refractivity contribution in [2.45, 2.75) is 13.5 Å². The molecular formula is C16H17ClN2O2. The second-order valence-corrected chi connectivity index (χ2v) is 5.24. The maximum Gasteiger partial charge on any atom is 0.317 e. The fourth-order valence-corrected chi connectivity index (χ4v) is 2.50. The highest BCUT2D eigenvalue weighted by Crippen LogP contribution is 2.27. The van der Waals surface area contributed by atoms with E-state index in [0.29, 0.717) is 23.8 Å². The summed E-state index contributed by atoms with van der Waals surface area (Å²) in [7, 11) is 0. The van der Waals surface area contributed by atoms with Gasteiger partial charge in [-0.1, -0.05) is 35.9 Å². The summed E-state index contributed by atoms with van der Waals surface area (Å²) < 4.78 is 0. The van der Waals surface area contributed by atoms with Crippen LogP contribution in [0.15, 0.2) is 36.9 Å². The van der Waals surface area contributed by atoms with Crippen LogP contribution >= 0.6 is 11.6 Å². The number of para-hydroxylation sites is 1. The summed E-state index contributed by atoms with van der Waals surface area (Å²) in [5.41, 5.74) is 2.52. The molecule has 1 N–H and O–H groups in total. The zero-order valence-corrected chi connectivity index (χ0v) is 12.6. The fourth-order valence-electron chi connectivity index (χ4n) is 2.29. The molecule has 1 heterocycles. The Bertz CT molecular complexity index is 685. The van der Waals surface area contributed by atoms with Crippen LogP contribution in [-0.2, 0) is 11.3 Å². The first-order valence-corrected chi connectivity index (χ1v) is 6.99. The van der Waals surface area contributed by atoms with E-state index in [1.165, 1.54) is 0 Å². The third kappa shape index (κ3) is 3.60. The molecule has 110 valence electrons. The Morgan fingerprint density at radius 1 is 1.48 bits per heavy atom. The highest BCUT2D eigenvalue weighted by Gasteiger charge is 2.15. The minimum atomic E-state index is -0.884. The lowest BCUT2D eigenvalue weighted by molar-refractivity contribution is -0.138. The maximum absolute atomic E-state index is 10.9. The SMILES string of the molecule is C=CCN(CC(=O)O)Cc1nc2ccccc2c(C)c1Cl. The number of aromatic nitrogens is 1. The summed E-state index contributed by atoms with van der Waals surface area (Å²) in [6.45, 7) is 6.37. The van der Waals surface area contributed by atoms with Gasteiger partial charge < -0.3 is 5.11 Å². The third-order valence-electron chi connectivity index (χ3n) is 3.27. The van der Waals surface area contributed by atoms with Gasteiger partial charge in [-0.3, -0.25) is 9.69 Å². The summed E-state index contributed by atoms with van der Waals surface area (Å²) in [6, 6.07) is 7.77. The number of rotatable bonds is 6. The minimum absolute atomic E-state index is 0.0735. The van der Waals surface area contributed by atoms with Crippen molar-refractivity contribution in [1.82, 2.24) is 9.88 Å². The zero-order valence-electron chi connectivity index (χ0n) is 11.8. The zero-order chi connectivity index (χ0) is 15.4. The number of carboxylic acids is 1. The van der Waals surface area contributed by atoms with Crippen LogP contribution in [-0.4, -0.2) is 34.0 Å². The quantitative estimate of drug-likeness (QED) is 0.832. The summed E-state index contributed by atoms with van der Waals surface area (Å²) in [5.74, 6) is -0.884. The monoisotopic (exact) mass is 304 g/mol. The number of halogens is 1. The van der Waals surface area contributed by atoms with Crippen molar-refractivity contribution >= 4 is 28.5 Å². The molecule has 0 radical (unpaired) electrons. The average molecular weight is 305 g/mol. The molecule has 0 aliphatic carbocycles. The molecule has 0 unspecified atom stereocenters. The summed E-state index contributed by atoms with van der Waals surface area (Å²) in [4.78, 5) is 17.2. The molecule has 0 saturated heterocycles. The van der Waals surface area contributed by atoms with Crippen LogP contribution in [0.4, 0.5) is 0 Å². The number of pyridine rings is 1. The van der Waals surface area contributed by atoms with Crippen LogP contribution in [0.3, 0.4) is 0 Å². The van der Waals surface area contributed by atoms with Gasteiger partial charge in [0.2, 0.25) is 0 Å². The molecule has 0 atom stereocenters. The van der Waals surface area contributed by atoms with Crippen molar-refractivity contribution in [2.24, 2.45) is 0 Å². The molecule has 0 aliphatic heterocycles. The number of hydrogen-bond donors (Lipinski definition) is 1. The van der Waals surface area contributed by atoms with Crippen molar-refractivity contribution in [1.29, 1.82) is 0 Å². The summed E-state index contributed by atoms with van der Waals surface area (Å²) >= 11 is 6.39. The number of aliphatic carboxylic acids is 1. The fraction of sp³-hybridized carbons (Fsp3) is 0.250. The second-order valence-electron chi connectivity index (χ2n) is 4.87.